The molecule has 0 spiro atoms. The van der Waals surface area contributed by atoms with Gasteiger partial charge in [-0.2, -0.15) is 0 Å². The molecule has 5 heteroatoms. The molecule has 4 aliphatic rings. The van der Waals surface area contributed by atoms with E-state index in [4.69, 9.17) is 4.74 Å². The number of nitrogens with one attached hydrogen (secondary N) is 2. The molecular weight excluding hydrogens is 388 g/mol. The van der Waals surface area contributed by atoms with Gasteiger partial charge in [-0.1, -0.05) is 42.5 Å². The molecule has 0 unspecified atom stereocenters. The largest absolute Gasteiger partial charge is 0.445 e. The van der Waals surface area contributed by atoms with Gasteiger partial charge in [0.15, 0.2) is 0 Å². The third-order valence-corrected chi connectivity index (χ3v) is 7.43. The second-order valence-corrected chi connectivity index (χ2v) is 9.74. The second kappa shape index (κ2) is 8.37. The maximum absolute atomic E-state index is 12.2. The Balaban J connectivity index is 1.11. The summed E-state index contributed by atoms with van der Waals surface area (Å²) in [5.41, 5.74) is 3.47. The minimum absolute atomic E-state index is 0.121. The number of carbonyl (C=O) groups is 2. The van der Waals surface area contributed by atoms with E-state index < -0.39 is 6.09 Å². The topological polar surface area (TPSA) is 67.4 Å². The molecule has 0 aliphatic heterocycles. The molecule has 31 heavy (non-hydrogen) atoms. The Bertz CT molecular complexity index is 904. The average Bonchev–Trinajstić information content (AvgIpc) is 2.76. The van der Waals surface area contributed by atoms with E-state index in [0.717, 1.165) is 29.0 Å². The minimum atomic E-state index is -0.601. The second-order valence-electron chi connectivity index (χ2n) is 9.74. The predicted molar refractivity (Wildman–Crippen MR) is 120 cm³/mol. The van der Waals surface area contributed by atoms with Gasteiger partial charge >= 0.3 is 6.09 Å². The number of hydrogen-bond donors (Lipinski definition) is 2. The SMILES string of the molecule is O=C(CNC(=O)OCc1ccccc1)Nc1ccc(C23CC4CC(CC(C4)C2)C3)cc1. The Labute approximate surface area is 183 Å². The summed E-state index contributed by atoms with van der Waals surface area (Å²) < 4.78 is 5.13. The van der Waals surface area contributed by atoms with Crippen molar-refractivity contribution in [2.45, 2.75) is 50.5 Å². The van der Waals surface area contributed by atoms with Crippen LogP contribution in [0.3, 0.4) is 0 Å². The van der Waals surface area contributed by atoms with Crippen molar-refractivity contribution in [3.63, 3.8) is 0 Å². The zero-order valence-electron chi connectivity index (χ0n) is 17.8. The smallest absolute Gasteiger partial charge is 0.407 e. The van der Waals surface area contributed by atoms with Crippen LogP contribution in [-0.4, -0.2) is 18.5 Å². The summed E-state index contributed by atoms with van der Waals surface area (Å²) in [7, 11) is 0. The molecule has 0 atom stereocenters. The van der Waals surface area contributed by atoms with Crippen molar-refractivity contribution >= 4 is 17.7 Å². The van der Waals surface area contributed by atoms with Gasteiger partial charge in [-0.3, -0.25) is 4.79 Å². The molecule has 5 nitrogen and oxygen atoms in total. The summed E-state index contributed by atoms with van der Waals surface area (Å²) >= 11 is 0. The van der Waals surface area contributed by atoms with E-state index in [1.54, 1.807) is 0 Å². The van der Waals surface area contributed by atoms with Crippen molar-refractivity contribution in [3.05, 3.63) is 65.7 Å². The molecule has 0 heterocycles. The fourth-order valence-corrected chi connectivity index (χ4v) is 6.50. The Hall–Kier alpha value is -2.82. The molecule has 4 bridgehead atoms. The molecule has 2 aromatic rings. The van der Waals surface area contributed by atoms with Crippen molar-refractivity contribution < 1.29 is 14.3 Å². The Morgan fingerprint density at radius 1 is 0.871 bits per heavy atom. The molecule has 2 N–H and O–H groups in total. The molecule has 4 aliphatic carbocycles. The van der Waals surface area contributed by atoms with E-state index in [2.05, 4.69) is 22.8 Å². The number of rotatable bonds is 6. The van der Waals surface area contributed by atoms with Gasteiger partial charge in [-0.05, 0) is 85.0 Å². The number of hydrogen-bond acceptors (Lipinski definition) is 3. The monoisotopic (exact) mass is 418 g/mol. The number of anilines is 1. The Kier molecular flexibility index (Phi) is 5.43. The molecule has 0 saturated heterocycles. The Morgan fingerprint density at radius 2 is 1.48 bits per heavy atom. The average molecular weight is 419 g/mol. The highest BCUT2D eigenvalue weighted by Gasteiger charge is 2.51. The zero-order valence-corrected chi connectivity index (χ0v) is 17.8. The first-order valence-corrected chi connectivity index (χ1v) is 11.4. The summed E-state index contributed by atoms with van der Waals surface area (Å²) in [6.07, 6.45) is 7.71. The highest BCUT2D eigenvalue weighted by atomic mass is 16.5. The van der Waals surface area contributed by atoms with Gasteiger partial charge in [0.2, 0.25) is 5.91 Å². The third kappa shape index (κ3) is 4.46. The fourth-order valence-electron chi connectivity index (χ4n) is 6.50. The molecule has 2 aromatic carbocycles. The van der Waals surface area contributed by atoms with Crippen LogP contribution in [0.2, 0.25) is 0 Å². The number of alkyl carbamates (subject to hydrolysis) is 1. The van der Waals surface area contributed by atoms with Crippen LogP contribution < -0.4 is 10.6 Å². The molecule has 162 valence electrons. The van der Waals surface area contributed by atoms with Crippen LogP contribution in [0.4, 0.5) is 10.5 Å². The maximum Gasteiger partial charge on any atom is 0.407 e. The van der Waals surface area contributed by atoms with E-state index in [-0.39, 0.29) is 19.1 Å². The van der Waals surface area contributed by atoms with E-state index in [1.807, 2.05) is 42.5 Å². The lowest BCUT2D eigenvalue weighted by molar-refractivity contribution is -0.115. The molecular formula is C26H30N2O3. The predicted octanol–water partition coefficient (Wildman–Crippen LogP) is 5.02. The van der Waals surface area contributed by atoms with E-state index >= 15 is 0 Å². The van der Waals surface area contributed by atoms with Gasteiger partial charge in [0, 0.05) is 5.69 Å². The minimum Gasteiger partial charge on any atom is -0.445 e. The molecule has 0 aromatic heterocycles. The lowest BCUT2D eigenvalue weighted by Crippen LogP contribution is -2.48. The van der Waals surface area contributed by atoms with Gasteiger partial charge in [0.25, 0.3) is 0 Å². The van der Waals surface area contributed by atoms with Gasteiger partial charge in [0.05, 0.1) is 0 Å². The summed E-state index contributed by atoms with van der Waals surface area (Å²) in [4.78, 5) is 24.0. The van der Waals surface area contributed by atoms with Crippen molar-refractivity contribution in [2.75, 3.05) is 11.9 Å². The van der Waals surface area contributed by atoms with Crippen LogP contribution >= 0.6 is 0 Å². The summed E-state index contributed by atoms with van der Waals surface area (Å²) in [5.74, 6) is 2.48. The quantitative estimate of drug-likeness (QED) is 0.692. The number of benzene rings is 2. The number of ether oxygens (including phenoxy) is 1. The van der Waals surface area contributed by atoms with E-state index in [9.17, 15) is 9.59 Å². The lowest BCUT2D eigenvalue weighted by atomic mass is 9.48. The maximum atomic E-state index is 12.2. The van der Waals surface area contributed by atoms with Gasteiger partial charge in [-0.15, -0.1) is 0 Å². The Morgan fingerprint density at radius 3 is 2.10 bits per heavy atom. The molecule has 2 amide bonds. The first-order chi connectivity index (χ1) is 15.1. The normalized spacial score (nSPS) is 28.2. The highest BCUT2D eigenvalue weighted by molar-refractivity contribution is 5.93. The first-order valence-electron chi connectivity index (χ1n) is 11.4. The fraction of sp³-hybridized carbons (Fsp3) is 0.462. The van der Waals surface area contributed by atoms with Crippen molar-refractivity contribution in [1.29, 1.82) is 0 Å². The third-order valence-electron chi connectivity index (χ3n) is 7.43. The molecule has 4 fully saturated rings. The van der Waals surface area contributed by atoms with E-state index in [0.29, 0.717) is 5.41 Å². The van der Waals surface area contributed by atoms with Crippen LogP contribution in [0.1, 0.15) is 49.7 Å². The van der Waals surface area contributed by atoms with Crippen molar-refractivity contribution in [1.82, 2.24) is 5.32 Å². The van der Waals surface area contributed by atoms with Gasteiger partial charge < -0.3 is 15.4 Å². The van der Waals surface area contributed by atoms with Crippen LogP contribution in [-0.2, 0) is 21.6 Å². The highest BCUT2D eigenvalue weighted by Crippen LogP contribution is 2.60. The molecule has 0 radical (unpaired) electrons. The number of amides is 2. The van der Waals surface area contributed by atoms with Crippen molar-refractivity contribution in [2.24, 2.45) is 17.8 Å². The zero-order chi connectivity index (χ0) is 21.3. The summed E-state index contributed by atoms with van der Waals surface area (Å²) in [6.45, 7) is 0.0599. The van der Waals surface area contributed by atoms with Crippen LogP contribution in [0.25, 0.3) is 0 Å². The van der Waals surface area contributed by atoms with Gasteiger partial charge in [-0.25, -0.2) is 4.79 Å². The summed E-state index contributed by atoms with van der Waals surface area (Å²) in [6, 6.07) is 17.8. The summed E-state index contributed by atoms with van der Waals surface area (Å²) in [5, 5.41) is 5.36. The van der Waals surface area contributed by atoms with Crippen molar-refractivity contribution in [3.8, 4) is 0 Å². The van der Waals surface area contributed by atoms with Crippen LogP contribution in [0.15, 0.2) is 54.6 Å². The lowest BCUT2D eigenvalue weighted by Gasteiger charge is -2.57. The molecule has 6 rings (SSSR count). The number of carbonyl (C=O) groups excluding carboxylic acids is 2. The van der Waals surface area contributed by atoms with Gasteiger partial charge in [0.1, 0.15) is 13.2 Å². The van der Waals surface area contributed by atoms with E-state index in [1.165, 1.54) is 44.1 Å². The molecule has 4 saturated carbocycles. The standard InChI is InChI=1S/C26H30N2O3/c29-24(16-27-25(30)31-17-18-4-2-1-3-5-18)28-23-8-6-22(7-9-23)26-13-19-10-20(14-26)12-21(11-19)15-26/h1-9,19-21H,10-17H2,(H,27,30)(H,28,29). The van der Waals surface area contributed by atoms with Crippen LogP contribution in [0.5, 0.6) is 0 Å². The first kappa shape index (κ1) is 20.1. The van der Waals surface area contributed by atoms with Crippen LogP contribution in [0, 0.1) is 17.8 Å².